The average molecular weight is 218 g/mol. The van der Waals surface area contributed by atoms with Crippen LogP contribution < -0.4 is 0 Å². The number of hydrogen-bond donors (Lipinski definition) is 0. The number of rotatable bonds is 7. The standard InChI is InChI=1S/C16H26/c1-6-15(4)12-9-13-16(5)11-8-7-10-14(2)3/h6,10,12-13H,1,7-9,11H2,2-5H3/b15-12+,16-13-. The van der Waals surface area contributed by atoms with Crippen molar-refractivity contribution in [3.8, 4) is 0 Å². The fraction of sp³-hybridized carbons (Fsp3) is 0.500. The van der Waals surface area contributed by atoms with Gasteiger partial charge in [-0.1, -0.05) is 47.6 Å². The van der Waals surface area contributed by atoms with E-state index in [0.717, 1.165) is 6.42 Å². The summed E-state index contributed by atoms with van der Waals surface area (Å²) in [5.74, 6) is 0. The third-order valence-electron chi connectivity index (χ3n) is 2.56. The van der Waals surface area contributed by atoms with Crippen LogP contribution in [0.4, 0.5) is 0 Å². The maximum absolute atomic E-state index is 3.74. The molecule has 0 amide bonds. The lowest BCUT2D eigenvalue weighted by Crippen LogP contribution is -1.79. The van der Waals surface area contributed by atoms with E-state index < -0.39 is 0 Å². The molecule has 0 heteroatoms. The molecule has 0 saturated carbocycles. The molecule has 0 aromatic carbocycles. The molecule has 0 bridgehead atoms. The second kappa shape index (κ2) is 9.21. The zero-order chi connectivity index (χ0) is 12.4. The molecule has 0 unspecified atom stereocenters. The Morgan fingerprint density at radius 1 is 1.00 bits per heavy atom. The van der Waals surface area contributed by atoms with E-state index in [4.69, 9.17) is 0 Å². The van der Waals surface area contributed by atoms with Crippen LogP contribution >= 0.6 is 0 Å². The molecule has 0 nitrogen and oxygen atoms in total. The first kappa shape index (κ1) is 15.0. The maximum Gasteiger partial charge on any atom is -0.0161 e. The van der Waals surface area contributed by atoms with Crippen LogP contribution in [0.2, 0.25) is 0 Å². The van der Waals surface area contributed by atoms with E-state index in [9.17, 15) is 0 Å². The molecule has 0 radical (unpaired) electrons. The lowest BCUT2D eigenvalue weighted by atomic mass is 10.1. The maximum atomic E-state index is 3.74. The molecule has 0 aromatic heterocycles. The Balaban J connectivity index is 3.80. The van der Waals surface area contributed by atoms with Gasteiger partial charge in [0.2, 0.25) is 0 Å². The van der Waals surface area contributed by atoms with Crippen molar-refractivity contribution in [3.05, 3.63) is 47.6 Å². The van der Waals surface area contributed by atoms with E-state index in [1.54, 1.807) is 0 Å². The highest BCUT2D eigenvalue weighted by molar-refractivity contribution is 5.15. The highest BCUT2D eigenvalue weighted by Crippen LogP contribution is 2.09. The fourth-order valence-electron chi connectivity index (χ4n) is 1.40. The van der Waals surface area contributed by atoms with Gasteiger partial charge >= 0.3 is 0 Å². The smallest absolute Gasteiger partial charge is 0.0161 e. The van der Waals surface area contributed by atoms with Gasteiger partial charge in [-0.05, 0) is 53.4 Å². The van der Waals surface area contributed by atoms with Crippen molar-refractivity contribution in [1.82, 2.24) is 0 Å². The molecule has 0 N–H and O–H groups in total. The van der Waals surface area contributed by atoms with Crippen LogP contribution in [0.25, 0.3) is 0 Å². The molecule has 90 valence electrons. The van der Waals surface area contributed by atoms with Gasteiger partial charge in [0.15, 0.2) is 0 Å². The summed E-state index contributed by atoms with van der Waals surface area (Å²) in [4.78, 5) is 0. The molecule has 0 rings (SSSR count). The minimum absolute atomic E-state index is 1.03. The highest BCUT2D eigenvalue weighted by Gasteiger charge is 1.89. The predicted molar refractivity (Wildman–Crippen MR) is 75.6 cm³/mol. The third-order valence-corrected chi connectivity index (χ3v) is 2.56. The van der Waals surface area contributed by atoms with Gasteiger partial charge in [0.1, 0.15) is 0 Å². The minimum atomic E-state index is 1.03. The molecule has 16 heavy (non-hydrogen) atoms. The fourth-order valence-corrected chi connectivity index (χ4v) is 1.40. The minimum Gasteiger partial charge on any atom is -0.0988 e. The average Bonchev–Trinajstić information content (AvgIpc) is 2.24. The van der Waals surface area contributed by atoms with E-state index in [1.807, 2.05) is 6.08 Å². The Labute approximate surface area is 101 Å². The second-order valence-corrected chi connectivity index (χ2v) is 4.61. The summed E-state index contributed by atoms with van der Waals surface area (Å²) in [6, 6.07) is 0. The lowest BCUT2D eigenvalue weighted by Gasteiger charge is -1.99. The predicted octanol–water partition coefficient (Wildman–Crippen LogP) is 5.59. The second-order valence-electron chi connectivity index (χ2n) is 4.61. The molecule has 0 aliphatic heterocycles. The van der Waals surface area contributed by atoms with Crippen molar-refractivity contribution in [1.29, 1.82) is 0 Å². The number of unbranched alkanes of at least 4 members (excludes halogenated alkanes) is 1. The van der Waals surface area contributed by atoms with E-state index in [2.05, 4.69) is 52.5 Å². The topological polar surface area (TPSA) is 0 Å². The first-order chi connectivity index (χ1) is 7.56. The summed E-state index contributed by atoms with van der Waals surface area (Å²) in [5, 5.41) is 0. The van der Waals surface area contributed by atoms with E-state index in [0.29, 0.717) is 0 Å². The summed E-state index contributed by atoms with van der Waals surface area (Å²) >= 11 is 0. The SMILES string of the molecule is C=C/C(C)=C/C/C=C(/C)CCCC=C(C)C. The van der Waals surface area contributed by atoms with Crippen molar-refractivity contribution in [2.24, 2.45) is 0 Å². The van der Waals surface area contributed by atoms with Crippen LogP contribution in [0, 0.1) is 0 Å². The largest absolute Gasteiger partial charge is 0.0988 e. The van der Waals surface area contributed by atoms with Crippen LogP contribution in [0.3, 0.4) is 0 Å². The summed E-state index contributed by atoms with van der Waals surface area (Å²) in [6.07, 6.45) is 13.5. The molecule has 0 heterocycles. The number of hydrogen-bond acceptors (Lipinski definition) is 0. The molecule has 0 atom stereocenters. The summed E-state index contributed by atoms with van der Waals surface area (Å²) in [7, 11) is 0. The van der Waals surface area contributed by atoms with E-state index in [-0.39, 0.29) is 0 Å². The Hall–Kier alpha value is -1.04. The monoisotopic (exact) mass is 218 g/mol. The van der Waals surface area contributed by atoms with Crippen LogP contribution in [0.15, 0.2) is 47.6 Å². The molecule has 0 aromatic rings. The van der Waals surface area contributed by atoms with Gasteiger partial charge < -0.3 is 0 Å². The normalized spacial score (nSPS) is 12.5. The van der Waals surface area contributed by atoms with Gasteiger partial charge in [-0.15, -0.1) is 0 Å². The van der Waals surface area contributed by atoms with Gasteiger partial charge in [-0.2, -0.15) is 0 Å². The van der Waals surface area contributed by atoms with Crippen molar-refractivity contribution in [3.63, 3.8) is 0 Å². The zero-order valence-corrected chi connectivity index (χ0v) is 11.3. The summed E-state index contributed by atoms with van der Waals surface area (Å²) in [6.45, 7) is 12.4. The Bertz CT molecular complexity index is 283. The Morgan fingerprint density at radius 3 is 2.25 bits per heavy atom. The van der Waals surface area contributed by atoms with E-state index >= 15 is 0 Å². The van der Waals surface area contributed by atoms with Crippen molar-refractivity contribution in [2.45, 2.75) is 53.4 Å². The zero-order valence-electron chi connectivity index (χ0n) is 11.3. The van der Waals surface area contributed by atoms with Gasteiger partial charge in [0.25, 0.3) is 0 Å². The van der Waals surface area contributed by atoms with Crippen LogP contribution in [-0.2, 0) is 0 Å². The third kappa shape index (κ3) is 9.51. The van der Waals surface area contributed by atoms with Crippen molar-refractivity contribution in [2.75, 3.05) is 0 Å². The van der Waals surface area contributed by atoms with Crippen molar-refractivity contribution >= 4 is 0 Å². The van der Waals surface area contributed by atoms with Crippen LogP contribution in [0.5, 0.6) is 0 Å². The molecular formula is C16H26. The van der Waals surface area contributed by atoms with Crippen LogP contribution in [-0.4, -0.2) is 0 Å². The van der Waals surface area contributed by atoms with Gasteiger partial charge in [0, 0.05) is 0 Å². The van der Waals surface area contributed by atoms with Gasteiger partial charge in [0.05, 0.1) is 0 Å². The first-order valence-electron chi connectivity index (χ1n) is 6.14. The Morgan fingerprint density at radius 2 is 1.69 bits per heavy atom. The lowest BCUT2D eigenvalue weighted by molar-refractivity contribution is 0.824. The first-order valence-corrected chi connectivity index (χ1v) is 6.14. The molecule has 0 saturated heterocycles. The van der Waals surface area contributed by atoms with E-state index in [1.165, 1.54) is 36.0 Å². The molecular weight excluding hydrogens is 192 g/mol. The molecule has 0 aliphatic rings. The summed E-state index contributed by atoms with van der Waals surface area (Å²) < 4.78 is 0. The van der Waals surface area contributed by atoms with Crippen molar-refractivity contribution < 1.29 is 0 Å². The van der Waals surface area contributed by atoms with Crippen LogP contribution in [0.1, 0.15) is 53.4 Å². The molecule has 0 aliphatic carbocycles. The number of allylic oxidation sites excluding steroid dienone is 7. The van der Waals surface area contributed by atoms with Gasteiger partial charge in [-0.25, -0.2) is 0 Å². The highest BCUT2D eigenvalue weighted by atomic mass is 14.0. The Kier molecular flexibility index (Phi) is 8.61. The molecule has 0 fully saturated rings. The van der Waals surface area contributed by atoms with Gasteiger partial charge in [-0.3, -0.25) is 0 Å². The summed E-state index contributed by atoms with van der Waals surface area (Å²) in [5.41, 5.74) is 4.18. The quantitative estimate of drug-likeness (QED) is 0.297. The molecule has 0 spiro atoms.